The van der Waals surface area contributed by atoms with Crippen LogP contribution in [-0.2, 0) is 6.42 Å². The molecule has 0 spiro atoms. The maximum atomic E-state index is 12.2. The van der Waals surface area contributed by atoms with Crippen LogP contribution < -0.4 is 5.32 Å². The third-order valence-electron chi connectivity index (χ3n) is 3.51. The summed E-state index contributed by atoms with van der Waals surface area (Å²) < 4.78 is 0. The first-order valence-corrected chi connectivity index (χ1v) is 8.41. The smallest absolute Gasteiger partial charge is 0.355 e. The molecule has 0 aliphatic heterocycles. The van der Waals surface area contributed by atoms with E-state index >= 15 is 0 Å². The average molecular weight is 363 g/mol. The Labute approximate surface area is 147 Å². The van der Waals surface area contributed by atoms with Gasteiger partial charge in [-0.25, -0.2) is 9.78 Å². The molecule has 1 heterocycles. The first kappa shape index (κ1) is 18.5. The fourth-order valence-corrected chi connectivity index (χ4v) is 3.01. The van der Waals surface area contributed by atoms with Crippen LogP contribution in [0.1, 0.15) is 51.2 Å². The Morgan fingerprint density at radius 1 is 1.40 bits per heavy atom. The number of hydrogen-bond acceptors (Lipinski definition) is 6. The number of carboxylic acid groups (broad SMARTS) is 1. The Bertz CT molecular complexity index is 816. The van der Waals surface area contributed by atoms with Gasteiger partial charge in [-0.2, -0.15) is 0 Å². The van der Waals surface area contributed by atoms with Crippen molar-refractivity contribution in [1.29, 1.82) is 0 Å². The van der Waals surface area contributed by atoms with Gasteiger partial charge in [0.25, 0.3) is 11.6 Å². The second-order valence-corrected chi connectivity index (χ2v) is 6.57. The molecular formula is C16H17N3O5S. The first-order valence-electron chi connectivity index (χ1n) is 7.53. The lowest BCUT2D eigenvalue weighted by atomic mass is 9.99. The van der Waals surface area contributed by atoms with E-state index in [1.54, 1.807) is 12.1 Å². The molecule has 8 nitrogen and oxygen atoms in total. The van der Waals surface area contributed by atoms with Gasteiger partial charge in [-0.1, -0.05) is 19.9 Å². The number of hydrogen-bond donors (Lipinski definition) is 2. The van der Waals surface area contributed by atoms with Crippen LogP contribution in [0.2, 0.25) is 0 Å². The summed E-state index contributed by atoms with van der Waals surface area (Å²) in [5.41, 5.74) is 0.687. The maximum Gasteiger partial charge on any atom is 0.355 e. The number of nitro groups is 1. The van der Waals surface area contributed by atoms with Crippen molar-refractivity contribution in [2.24, 2.45) is 0 Å². The van der Waals surface area contributed by atoms with Crippen molar-refractivity contribution in [3.63, 3.8) is 0 Å². The van der Waals surface area contributed by atoms with E-state index in [9.17, 15) is 19.7 Å². The van der Waals surface area contributed by atoms with Crippen LogP contribution >= 0.6 is 11.3 Å². The molecule has 132 valence electrons. The molecule has 0 fully saturated rings. The third-order valence-corrected chi connectivity index (χ3v) is 4.42. The number of amides is 1. The Balaban J connectivity index is 2.01. The molecule has 0 saturated heterocycles. The lowest BCUT2D eigenvalue weighted by Gasteiger charge is -2.09. The topological polar surface area (TPSA) is 122 Å². The molecule has 0 saturated carbocycles. The summed E-state index contributed by atoms with van der Waals surface area (Å²) in [7, 11) is 0. The highest BCUT2D eigenvalue weighted by Gasteiger charge is 2.19. The van der Waals surface area contributed by atoms with Gasteiger partial charge in [0.05, 0.1) is 9.93 Å². The molecule has 2 N–H and O–H groups in total. The third kappa shape index (κ3) is 4.60. The standard InChI is InChI=1S/C16H17N3O5S/c1-9(2)11-4-3-10(7-13(11)19(23)24)15(20)17-6-5-14-18-12(8-25-14)16(21)22/h3-4,7-9H,5-6H2,1-2H3,(H,17,20)(H,21,22). The number of aromatic nitrogens is 1. The van der Waals surface area contributed by atoms with E-state index in [4.69, 9.17) is 5.11 Å². The molecule has 0 unspecified atom stereocenters. The SMILES string of the molecule is CC(C)c1ccc(C(=O)NCCc2nc(C(=O)O)cs2)cc1[N+](=O)[O-]. The van der Waals surface area contributed by atoms with Crippen LogP contribution in [0.15, 0.2) is 23.6 Å². The normalized spacial score (nSPS) is 10.7. The molecule has 2 rings (SSSR count). The second-order valence-electron chi connectivity index (χ2n) is 5.62. The number of carboxylic acids is 1. The van der Waals surface area contributed by atoms with E-state index in [1.807, 2.05) is 13.8 Å². The summed E-state index contributed by atoms with van der Waals surface area (Å²) in [6.07, 6.45) is 0.385. The summed E-state index contributed by atoms with van der Waals surface area (Å²) in [5, 5.41) is 24.7. The molecule has 0 bridgehead atoms. The molecule has 0 radical (unpaired) electrons. The van der Waals surface area contributed by atoms with Crippen molar-refractivity contribution < 1.29 is 19.6 Å². The minimum absolute atomic E-state index is 0.0220. The lowest BCUT2D eigenvalue weighted by Crippen LogP contribution is -2.25. The number of nitrogens with one attached hydrogen (secondary N) is 1. The number of carbonyl (C=O) groups is 2. The van der Waals surface area contributed by atoms with Crippen LogP contribution in [0.25, 0.3) is 0 Å². The van der Waals surface area contributed by atoms with Gasteiger partial charge in [0, 0.05) is 35.5 Å². The summed E-state index contributed by atoms with van der Waals surface area (Å²) >= 11 is 1.20. The lowest BCUT2D eigenvalue weighted by molar-refractivity contribution is -0.385. The van der Waals surface area contributed by atoms with Gasteiger partial charge >= 0.3 is 5.97 Å². The number of nitro benzene ring substituents is 1. The van der Waals surface area contributed by atoms with Gasteiger partial charge in [-0.3, -0.25) is 14.9 Å². The fraction of sp³-hybridized carbons (Fsp3) is 0.312. The van der Waals surface area contributed by atoms with Crippen LogP contribution in [0, 0.1) is 10.1 Å². The first-order chi connectivity index (χ1) is 11.8. The number of carbonyl (C=O) groups excluding carboxylic acids is 1. The van der Waals surface area contributed by atoms with Crippen LogP contribution in [0.3, 0.4) is 0 Å². The van der Waals surface area contributed by atoms with Crippen molar-refractivity contribution in [3.8, 4) is 0 Å². The van der Waals surface area contributed by atoms with Gasteiger partial charge in [0.1, 0.15) is 0 Å². The Hall–Kier alpha value is -2.81. The summed E-state index contributed by atoms with van der Waals surface area (Å²) in [6.45, 7) is 3.95. The molecule has 0 atom stereocenters. The minimum Gasteiger partial charge on any atom is -0.476 e. The highest BCUT2D eigenvalue weighted by molar-refractivity contribution is 7.09. The molecule has 1 aromatic carbocycles. The Morgan fingerprint density at radius 3 is 2.68 bits per heavy atom. The molecule has 1 amide bonds. The quantitative estimate of drug-likeness (QED) is 0.576. The van der Waals surface area contributed by atoms with Crippen molar-refractivity contribution in [1.82, 2.24) is 10.3 Å². The minimum atomic E-state index is -1.09. The number of rotatable bonds is 7. The highest BCUT2D eigenvalue weighted by atomic mass is 32.1. The van der Waals surface area contributed by atoms with Crippen molar-refractivity contribution in [2.75, 3.05) is 6.54 Å². The van der Waals surface area contributed by atoms with E-state index in [1.165, 1.54) is 22.8 Å². The van der Waals surface area contributed by atoms with Gasteiger partial charge in [0.15, 0.2) is 5.69 Å². The van der Waals surface area contributed by atoms with Crippen molar-refractivity contribution in [3.05, 3.63) is 55.5 Å². The van der Waals surface area contributed by atoms with Gasteiger partial charge in [-0.15, -0.1) is 11.3 Å². The van der Waals surface area contributed by atoms with Gasteiger partial charge in [0.2, 0.25) is 0 Å². The number of nitrogens with zero attached hydrogens (tertiary/aromatic N) is 2. The number of aromatic carboxylic acids is 1. The Kier molecular flexibility index (Phi) is 5.81. The predicted molar refractivity (Wildman–Crippen MR) is 92.3 cm³/mol. The zero-order chi connectivity index (χ0) is 18.6. The molecule has 1 aromatic heterocycles. The summed E-state index contributed by atoms with van der Waals surface area (Å²) in [6, 6.07) is 4.43. The predicted octanol–water partition coefficient (Wildman–Crippen LogP) is 2.85. The summed E-state index contributed by atoms with van der Waals surface area (Å²) in [4.78, 5) is 37.5. The average Bonchev–Trinajstić information content (AvgIpc) is 3.03. The van der Waals surface area contributed by atoms with Crippen LogP contribution in [0.4, 0.5) is 5.69 Å². The zero-order valence-electron chi connectivity index (χ0n) is 13.7. The number of thiazole rings is 1. The molecule has 9 heteroatoms. The highest BCUT2D eigenvalue weighted by Crippen LogP contribution is 2.27. The van der Waals surface area contributed by atoms with E-state index in [0.717, 1.165) is 0 Å². The van der Waals surface area contributed by atoms with E-state index in [2.05, 4.69) is 10.3 Å². The second kappa shape index (κ2) is 7.84. The largest absolute Gasteiger partial charge is 0.476 e. The molecule has 2 aromatic rings. The maximum absolute atomic E-state index is 12.2. The van der Waals surface area contributed by atoms with Gasteiger partial charge in [-0.05, 0) is 12.0 Å². The Morgan fingerprint density at radius 2 is 2.12 bits per heavy atom. The zero-order valence-corrected chi connectivity index (χ0v) is 14.5. The molecule has 25 heavy (non-hydrogen) atoms. The van der Waals surface area contributed by atoms with E-state index < -0.39 is 16.8 Å². The monoisotopic (exact) mass is 363 g/mol. The molecule has 0 aliphatic carbocycles. The molecule has 0 aliphatic rings. The van der Waals surface area contributed by atoms with Crippen LogP contribution in [-0.4, -0.2) is 33.4 Å². The van der Waals surface area contributed by atoms with Crippen molar-refractivity contribution >= 4 is 28.9 Å². The van der Waals surface area contributed by atoms with Gasteiger partial charge < -0.3 is 10.4 Å². The van der Waals surface area contributed by atoms with Crippen molar-refractivity contribution in [2.45, 2.75) is 26.2 Å². The van der Waals surface area contributed by atoms with E-state index in [0.29, 0.717) is 17.0 Å². The molecular weight excluding hydrogens is 346 g/mol. The number of benzene rings is 1. The fourth-order valence-electron chi connectivity index (χ4n) is 2.24. The van der Waals surface area contributed by atoms with Crippen LogP contribution in [0.5, 0.6) is 0 Å². The summed E-state index contributed by atoms with van der Waals surface area (Å²) in [5.74, 6) is -1.54. The van der Waals surface area contributed by atoms with E-state index in [-0.39, 0.29) is 29.4 Å².